The minimum absolute atomic E-state index is 0.0457. The Kier molecular flexibility index (Phi) is 6.48. The van der Waals surface area contributed by atoms with E-state index in [0.29, 0.717) is 23.2 Å². The van der Waals surface area contributed by atoms with E-state index < -0.39 is 5.91 Å². The smallest absolute Gasteiger partial charge is 0.267 e. The van der Waals surface area contributed by atoms with Crippen molar-refractivity contribution in [1.29, 1.82) is 5.41 Å². The Bertz CT molecular complexity index is 1290. The second-order valence-corrected chi connectivity index (χ2v) is 7.95. The van der Waals surface area contributed by atoms with Crippen molar-refractivity contribution in [3.05, 3.63) is 64.0 Å². The van der Waals surface area contributed by atoms with Crippen molar-refractivity contribution in [3.8, 4) is 0 Å². The Morgan fingerprint density at radius 2 is 2.09 bits per heavy atom. The molecule has 0 spiro atoms. The third-order valence-corrected chi connectivity index (χ3v) is 5.67. The van der Waals surface area contributed by atoms with Gasteiger partial charge in [0.25, 0.3) is 11.5 Å². The van der Waals surface area contributed by atoms with Crippen molar-refractivity contribution in [2.45, 2.75) is 19.9 Å². The normalized spacial score (nSPS) is 14.7. The van der Waals surface area contributed by atoms with Crippen LogP contribution in [0.25, 0.3) is 16.7 Å². The van der Waals surface area contributed by atoms with E-state index in [1.807, 2.05) is 13.0 Å². The van der Waals surface area contributed by atoms with Crippen LogP contribution in [0.15, 0.2) is 41.8 Å². The number of fused-ring (bicyclic) bond motifs is 2. The predicted octanol–water partition coefficient (Wildman–Crippen LogP) is 1.08. The van der Waals surface area contributed by atoms with Gasteiger partial charge >= 0.3 is 0 Å². The van der Waals surface area contributed by atoms with Crippen LogP contribution in [0.3, 0.4) is 0 Å². The number of hydrogen-bond donors (Lipinski definition) is 2. The van der Waals surface area contributed by atoms with Crippen LogP contribution in [0.5, 0.6) is 0 Å². The molecule has 1 fully saturated rings. The summed E-state index contributed by atoms with van der Waals surface area (Å²) in [6.45, 7) is 10.3. The number of rotatable bonds is 7. The summed E-state index contributed by atoms with van der Waals surface area (Å²) in [4.78, 5) is 33.0. The van der Waals surface area contributed by atoms with Crippen LogP contribution in [-0.2, 0) is 11.3 Å². The predicted molar refractivity (Wildman–Crippen MR) is 122 cm³/mol. The first kappa shape index (κ1) is 21.9. The number of carbonyl (C=O) groups is 1. The highest BCUT2D eigenvalue weighted by Gasteiger charge is 2.18. The van der Waals surface area contributed by atoms with E-state index in [1.54, 1.807) is 22.9 Å². The summed E-state index contributed by atoms with van der Waals surface area (Å²) in [7, 11) is 0. The van der Waals surface area contributed by atoms with Gasteiger partial charge in [-0.2, -0.15) is 0 Å². The zero-order chi connectivity index (χ0) is 22.7. The number of amides is 1. The van der Waals surface area contributed by atoms with Gasteiger partial charge in [-0.25, -0.2) is 4.98 Å². The van der Waals surface area contributed by atoms with Crippen molar-refractivity contribution >= 4 is 22.6 Å². The van der Waals surface area contributed by atoms with Gasteiger partial charge in [-0.05, 0) is 31.0 Å². The number of pyridine rings is 2. The molecule has 4 heterocycles. The van der Waals surface area contributed by atoms with E-state index in [0.717, 1.165) is 44.8 Å². The number of hydrogen-bond acceptors (Lipinski definition) is 6. The molecule has 1 saturated heterocycles. The summed E-state index contributed by atoms with van der Waals surface area (Å²) in [5.74, 6) is -0.410. The highest BCUT2D eigenvalue weighted by Crippen LogP contribution is 2.12. The lowest BCUT2D eigenvalue weighted by Crippen LogP contribution is -2.38. The van der Waals surface area contributed by atoms with Gasteiger partial charge in [-0.15, -0.1) is 6.58 Å². The topological polar surface area (TPSA) is 105 Å². The third-order valence-electron chi connectivity index (χ3n) is 5.67. The van der Waals surface area contributed by atoms with Crippen LogP contribution in [0.1, 0.15) is 22.3 Å². The summed E-state index contributed by atoms with van der Waals surface area (Å²) >= 11 is 0. The third kappa shape index (κ3) is 4.35. The quantitative estimate of drug-likeness (QED) is 0.426. The van der Waals surface area contributed by atoms with Crippen LogP contribution in [0.2, 0.25) is 0 Å². The van der Waals surface area contributed by atoms with Gasteiger partial charge in [0.2, 0.25) is 0 Å². The average Bonchev–Trinajstić information content (AvgIpc) is 2.80. The minimum atomic E-state index is -0.410. The second kappa shape index (κ2) is 9.46. The molecule has 9 nitrogen and oxygen atoms in total. The van der Waals surface area contributed by atoms with Gasteiger partial charge in [0.15, 0.2) is 0 Å². The number of aromatic nitrogens is 3. The summed E-state index contributed by atoms with van der Waals surface area (Å²) in [6, 6.07) is 5.18. The summed E-state index contributed by atoms with van der Waals surface area (Å²) in [5.41, 5.74) is 1.81. The minimum Gasteiger partial charge on any atom is -0.379 e. The molecular weight excluding hydrogens is 408 g/mol. The number of aryl methyl sites for hydroxylation is 2. The fourth-order valence-corrected chi connectivity index (χ4v) is 3.97. The van der Waals surface area contributed by atoms with Crippen LogP contribution < -0.4 is 16.4 Å². The van der Waals surface area contributed by atoms with Gasteiger partial charge in [0, 0.05) is 38.9 Å². The molecule has 0 saturated carbocycles. The standard InChI is InChI=1S/C23H28N6O3/c1-3-7-25-22(30)17-14-18-21(26-19-6-5-16(2)15-29(19)23(18)31)28(20(17)24)9-4-8-27-10-12-32-13-11-27/h3,5-6,14-15,24H,1,4,7-13H2,2H3,(H,25,30). The summed E-state index contributed by atoms with van der Waals surface area (Å²) in [6.07, 6.45) is 4.07. The van der Waals surface area contributed by atoms with Crippen LogP contribution >= 0.6 is 0 Å². The molecule has 3 aromatic heterocycles. The molecule has 4 rings (SSSR count). The van der Waals surface area contributed by atoms with Gasteiger partial charge in [0.1, 0.15) is 16.8 Å². The van der Waals surface area contributed by atoms with Crippen molar-refractivity contribution in [1.82, 2.24) is 24.2 Å². The number of morpholine rings is 1. The van der Waals surface area contributed by atoms with Crippen LogP contribution in [0, 0.1) is 12.3 Å². The lowest BCUT2D eigenvalue weighted by molar-refractivity contribution is 0.0369. The van der Waals surface area contributed by atoms with Crippen LogP contribution in [-0.4, -0.2) is 64.2 Å². The SMILES string of the molecule is C=CCNC(=O)c1cc2c(=O)n3cc(C)ccc3nc2n(CCCN2CCOCC2)c1=N. The zero-order valence-electron chi connectivity index (χ0n) is 18.3. The largest absolute Gasteiger partial charge is 0.379 e. The van der Waals surface area contributed by atoms with E-state index >= 15 is 0 Å². The number of carbonyl (C=O) groups excluding carboxylic acids is 1. The molecular formula is C23H28N6O3. The first-order valence-corrected chi connectivity index (χ1v) is 10.8. The highest BCUT2D eigenvalue weighted by atomic mass is 16.5. The summed E-state index contributed by atoms with van der Waals surface area (Å²) < 4.78 is 8.57. The molecule has 0 aliphatic carbocycles. The fraction of sp³-hybridized carbons (Fsp3) is 0.391. The second-order valence-electron chi connectivity index (χ2n) is 7.95. The van der Waals surface area contributed by atoms with Crippen molar-refractivity contribution in [3.63, 3.8) is 0 Å². The fourth-order valence-electron chi connectivity index (χ4n) is 3.97. The maximum atomic E-state index is 13.3. The monoisotopic (exact) mass is 436 g/mol. The van der Waals surface area contributed by atoms with E-state index in [9.17, 15) is 9.59 Å². The number of nitrogens with zero attached hydrogens (tertiary/aromatic N) is 4. The van der Waals surface area contributed by atoms with E-state index in [1.165, 1.54) is 10.5 Å². The molecule has 32 heavy (non-hydrogen) atoms. The Balaban J connectivity index is 1.81. The lowest BCUT2D eigenvalue weighted by Gasteiger charge is -2.26. The molecule has 168 valence electrons. The first-order chi connectivity index (χ1) is 15.5. The van der Waals surface area contributed by atoms with Gasteiger partial charge < -0.3 is 14.6 Å². The number of nitrogens with one attached hydrogen (secondary N) is 2. The molecule has 0 aromatic carbocycles. The van der Waals surface area contributed by atoms with E-state index in [2.05, 4.69) is 16.8 Å². The molecule has 0 unspecified atom stereocenters. The van der Waals surface area contributed by atoms with Crippen molar-refractivity contribution in [2.75, 3.05) is 39.4 Å². The molecule has 0 atom stereocenters. The molecule has 2 N–H and O–H groups in total. The van der Waals surface area contributed by atoms with Gasteiger partial charge in [-0.3, -0.25) is 24.3 Å². The van der Waals surface area contributed by atoms with Crippen molar-refractivity contribution < 1.29 is 9.53 Å². The molecule has 9 heteroatoms. The Morgan fingerprint density at radius 3 is 2.84 bits per heavy atom. The number of ether oxygens (including phenoxy) is 1. The lowest BCUT2D eigenvalue weighted by atomic mass is 10.2. The van der Waals surface area contributed by atoms with Crippen molar-refractivity contribution in [2.24, 2.45) is 0 Å². The maximum Gasteiger partial charge on any atom is 0.267 e. The highest BCUT2D eigenvalue weighted by molar-refractivity contribution is 5.96. The zero-order valence-corrected chi connectivity index (χ0v) is 18.3. The van der Waals surface area contributed by atoms with Gasteiger partial charge in [0.05, 0.1) is 24.2 Å². The molecule has 0 bridgehead atoms. The van der Waals surface area contributed by atoms with Crippen LogP contribution in [0.4, 0.5) is 0 Å². The molecule has 3 aromatic rings. The first-order valence-electron chi connectivity index (χ1n) is 10.8. The van der Waals surface area contributed by atoms with Gasteiger partial charge in [-0.1, -0.05) is 12.1 Å². The summed E-state index contributed by atoms with van der Waals surface area (Å²) in [5, 5.41) is 11.8. The Hall–Kier alpha value is -3.30. The molecule has 1 aliphatic heterocycles. The Morgan fingerprint density at radius 1 is 1.31 bits per heavy atom. The average molecular weight is 437 g/mol. The van der Waals surface area contributed by atoms with E-state index in [-0.39, 0.29) is 23.2 Å². The molecule has 1 aliphatic rings. The maximum absolute atomic E-state index is 13.3. The Labute approximate surface area is 185 Å². The van der Waals surface area contributed by atoms with E-state index in [4.69, 9.17) is 15.1 Å². The molecule has 1 amide bonds. The molecule has 0 radical (unpaired) electrons.